The molecule has 1 heterocycles. The van der Waals surface area contributed by atoms with Gasteiger partial charge >= 0.3 is 0 Å². The molecule has 0 saturated carbocycles. The number of alkyl halides is 1. The van der Waals surface area contributed by atoms with Crippen LogP contribution in [0.4, 0.5) is 4.39 Å². The van der Waals surface area contributed by atoms with Crippen LogP contribution in [0.1, 0.15) is 20.3 Å². The van der Waals surface area contributed by atoms with Gasteiger partial charge in [-0.1, -0.05) is 13.8 Å². The molecule has 1 N–H and O–H groups in total. The lowest BCUT2D eigenvalue weighted by molar-refractivity contribution is -0.132. The summed E-state index contributed by atoms with van der Waals surface area (Å²) in [6, 6.07) is 0. The highest BCUT2D eigenvalue weighted by molar-refractivity contribution is 5.85. The lowest BCUT2D eigenvalue weighted by Crippen LogP contribution is -2.46. The Morgan fingerprint density at radius 2 is 2.29 bits per heavy atom. The van der Waals surface area contributed by atoms with Gasteiger partial charge in [-0.3, -0.25) is 4.79 Å². The summed E-state index contributed by atoms with van der Waals surface area (Å²) in [7, 11) is 1.83. The summed E-state index contributed by atoms with van der Waals surface area (Å²) in [5.41, 5.74) is -1.66. The van der Waals surface area contributed by atoms with Crippen LogP contribution < -0.4 is 5.32 Å². The second kappa shape index (κ2) is 4.26. The number of nitrogens with zero attached hydrogens (tertiary/aromatic N) is 1. The van der Waals surface area contributed by atoms with E-state index in [1.165, 1.54) is 0 Å². The van der Waals surface area contributed by atoms with Crippen LogP contribution in [0.2, 0.25) is 0 Å². The van der Waals surface area contributed by atoms with Crippen molar-refractivity contribution in [3.05, 3.63) is 0 Å². The molecule has 4 heteroatoms. The van der Waals surface area contributed by atoms with Crippen LogP contribution in [-0.2, 0) is 4.79 Å². The fourth-order valence-corrected chi connectivity index (χ4v) is 1.59. The van der Waals surface area contributed by atoms with Crippen LogP contribution in [0.5, 0.6) is 0 Å². The quantitative estimate of drug-likeness (QED) is 0.734. The molecule has 82 valence electrons. The maximum atomic E-state index is 14.0. The van der Waals surface area contributed by atoms with Crippen LogP contribution in [0.3, 0.4) is 0 Å². The molecule has 0 radical (unpaired) electrons. The van der Waals surface area contributed by atoms with E-state index in [1.807, 2.05) is 25.8 Å². The number of halogens is 1. The third kappa shape index (κ3) is 2.67. The van der Waals surface area contributed by atoms with E-state index in [1.54, 1.807) is 0 Å². The Morgan fingerprint density at radius 3 is 2.71 bits per heavy atom. The lowest BCUT2D eigenvalue weighted by Gasteiger charge is -2.19. The summed E-state index contributed by atoms with van der Waals surface area (Å²) in [6.07, 6.45) is 0.313. The van der Waals surface area contributed by atoms with Gasteiger partial charge in [-0.2, -0.15) is 0 Å². The Balaban J connectivity index is 2.43. The van der Waals surface area contributed by atoms with Gasteiger partial charge in [-0.05, 0) is 13.0 Å². The number of amides is 1. The summed E-state index contributed by atoms with van der Waals surface area (Å²) in [5, 5.41) is 2.64. The molecule has 1 atom stereocenters. The zero-order valence-electron chi connectivity index (χ0n) is 9.14. The van der Waals surface area contributed by atoms with Crippen molar-refractivity contribution < 1.29 is 9.18 Å². The molecule has 0 aromatic heterocycles. The fraction of sp³-hybridized carbons (Fsp3) is 0.900. The highest BCUT2D eigenvalue weighted by Crippen LogP contribution is 2.24. The molecule has 1 rings (SSSR count). The molecular formula is C10H19FN2O. The molecule has 0 aromatic rings. The molecule has 1 saturated heterocycles. The van der Waals surface area contributed by atoms with E-state index in [0.717, 1.165) is 0 Å². The van der Waals surface area contributed by atoms with Crippen LogP contribution in [0.15, 0.2) is 0 Å². The lowest BCUT2D eigenvalue weighted by atomic mass is 10.0. The Bertz CT molecular complexity index is 220. The van der Waals surface area contributed by atoms with Crippen LogP contribution in [0, 0.1) is 5.92 Å². The van der Waals surface area contributed by atoms with E-state index in [2.05, 4.69) is 5.32 Å². The molecule has 1 aliphatic heterocycles. The van der Waals surface area contributed by atoms with E-state index in [0.29, 0.717) is 25.4 Å². The molecule has 3 nitrogen and oxygen atoms in total. The van der Waals surface area contributed by atoms with Gasteiger partial charge in [-0.15, -0.1) is 0 Å². The average molecular weight is 202 g/mol. The first-order valence-corrected chi connectivity index (χ1v) is 5.10. The average Bonchev–Trinajstić information content (AvgIpc) is 2.43. The molecule has 0 aromatic carbocycles. The minimum absolute atomic E-state index is 0.219. The molecule has 14 heavy (non-hydrogen) atoms. The number of carbonyl (C=O) groups excluding carboxylic acids is 1. The monoisotopic (exact) mass is 202 g/mol. The smallest absolute Gasteiger partial charge is 0.259 e. The van der Waals surface area contributed by atoms with Crippen molar-refractivity contribution in [1.82, 2.24) is 10.2 Å². The molecule has 1 aliphatic rings. The first-order valence-electron chi connectivity index (χ1n) is 5.10. The van der Waals surface area contributed by atoms with Gasteiger partial charge in [0.1, 0.15) is 0 Å². The first kappa shape index (κ1) is 11.4. The molecule has 0 aliphatic carbocycles. The Morgan fingerprint density at radius 1 is 1.64 bits per heavy atom. The van der Waals surface area contributed by atoms with E-state index >= 15 is 0 Å². The molecule has 0 spiro atoms. The van der Waals surface area contributed by atoms with Crippen molar-refractivity contribution in [1.29, 1.82) is 0 Å². The highest BCUT2D eigenvalue weighted by Gasteiger charge is 2.43. The maximum absolute atomic E-state index is 14.0. The Kier molecular flexibility index (Phi) is 3.48. The Hall–Kier alpha value is -0.640. The molecule has 1 fully saturated rings. The van der Waals surface area contributed by atoms with Crippen molar-refractivity contribution in [3.8, 4) is 0 Å². The third-order valence-electron chi connectivity index (χ3n) is 2.49. The van der Waals surface area contributed by atoms with Crippen molar-refractivity contribution >= 4 is 5.91 Å². The largest absolute Gasteiger partial charge is 0.353 e. The van der Waals surface area contributed by atoms with Gasteiger partial charge in [-0.25, -0.2) is 4.39 Å². The van der Waals surface area contributed by atoms with Crippen molar-refractivity contribution in [3.63, 3.8) is 0 Å². The summed E-state index contributed by atoms with van der Waals surface area (Å²) >= 11 is 0. The maximum Gasteiger partial charge on any atom is 0.259 e. The van der Waals surface area contributed by atoms with Crippen molar-refractivity contribution in [2.24, 2.45) is 5.92 Å². The molecule has 0 bridgehead atoms. The van der Waals surface area contributed by atoms with E-state index in [-0.39, 0.29) is 6.54 Å². The second-order valence-corrected chi connectivity index (χ2v) is 4.56. The summed E-state index contributed by atoms with van der Waals surface area (Å²) in [6.45, 7) is 5.41. The van der Waals surface area contributed by atoms with E-state index in [4.69, 9.17) is 0 Å². The summed E-state index contributed by atoms with van der Waals surface area (Å²) < 4.78 is 14.0. The number of hydrogen-bond donors (Lipinski definition) is 1. The Labute approximate surface area is 84.7 Å². The summed E-state index contributed by atoms with van der Waals surface area (Å²) in [4.78, 5) is 13.3. The van der Waals surface area contributed by atoms with Crippen molar-refractivity contribution in [2.45, 2.75) is 25.9 Å². The topological polar surface area (TPSA) is 32.3 Å². The minimum Gasteiger partial charge on any atom is -0.353 e. The van der Waals surface area contributed by atoms with Gasteiger partial charge in [0.05, 0.1) is 0 Å². The predicted octanol–water partition coefficient (Wildman–Crippen LogP) is 0.802. The van der Waals surface area contributed by atoms with Gasteiger partial charge in [0.2, 0.25) is 5.67 Å². The standard InChI is InChI=1S/C10H19FN2O/c1-8(2)6-12-9(14)10(11)4-5-13(3)7-10/h8H,4-7H2,1-3H3,(H,12,14). The number of carbonyl (C=O) groups is 1. The molecule has 1 unspecified atom stereocenters. The highest BCUT2D eigenvalue weighted by atomic mass is 19.1. The predicted molar refractivity (Wildman–Crippen MR) is 53.8 cm³/mol. The summed E-state index contributed by atoms with van der Waals surface area (Å²) in [5.74, 6) is -0.0859. The van der Waals surface area contributed by atoms with Crippen LogP contribution in [-0.4, -0.2) is 43.2 Å². The van der Waals surface area contributed by atoms with Gasteiger partial charge in [0.25, 0.3) is 5.91 Å². The number of rotatable bonds is 3. The molecular weight excluding hydrogens is 183 g/mol. The number of hydrogen-bond acceptors (Lipinski definition) is 2. The van der Waals surface area contributed by atoms with Gasteiger partial charge in [0, 0.05) is 26.1 Å². The number of likely N-dealkylation sites (tertiary alicyclic amines) is 1. The fourth-order valence-electron chi connectivity index (χ4n) is 1.59. The normalized spacial score (nSPS) is 28.4. The first-order chi connectivity index (χ1) is 6.44. The van der Waals surface area contributed by atoms with Crippen LogP contribution in [0.25, 0.3) is 0 Å². The van der Waals surface area contributed by atoms with Crippen LogP contribution >= 0.6 is 0 Å². The number of nitrogens with one attached hydrogen (secondary N) is 1. The molecule has 1 amide bonds. The van der Waals surface area contributed by atoms with E-state index in [9.17, 15) is 9.18 Å². The second-order valence-electron chi connectivity index (χ2n) is 4.56. The van der Waals surface area contributed by atoms with Gasteiger partial charge in [0.15, 0.2) is 0 Å². The van der Waals surface area contributed by atoms with E-state index < -0.39 is 11.6 Å². The third-order valence-corrected chi connectivity index (χ3v) is 2.49. The SMILES string of the molecule is CC(C)CNC(=O)C1(F)CCN(C)C1. The van der Waals surface area contributed by atoms with Gasteiger partial charge < -0.3 is 10.2 Å². The zero-order valence-corrected chi connectivity index (χ0v) is 9.14. The van der Waals surface area contributed by atoms with Crippen molar-refractivity contribution in [2.75, 3.05) is 26.7 Å². The minimum atomic E-state index is -1.66. The zero-order chi connectivity index (χ0) is 10.8.